The summed E-state index contributed by atoms with van der Waals surface area (Å²) in [5.41, 5.74) is 0. The number of carbonyl (C=O) groups is 1. The molecule has 1 unspecified atom stereocenters. The molecule has 4 heteroatoms. The van der Waals surface area contributed by atoms with Crippen LogP contribution in [0.4, 0.5) is 0 Å². The van der Waals surface area contributed by atoms with E-state index in [9.17, 15) is 4.79 Å². The standard InChI is InChI=1S/C16H19NOS2/c1-12(10-15-9-8-13(2)20-15)17-16(18)11-19-14-6-4-3-5-7-14/h3-9,12H,10-11H2,1-2H3,(H,17,18). The zero-order valence-electron chi connectivity index (χ0n) is 11.8. The quantitative estimate of drug-likeness (QED) is 0.820. The largest absolute Gasteiger partial charge is 0.353 e. The number of rotatable bonds is 6. The summed E-state index contributed by atoms with van der Waals surface area (Å²) < 4.78 is 0. The van der Waals surface area contributed by atoms with Gasteiger partial charge in [0.15, 0.2) is 0 Å². The fraction of sp³-hybridized carbons (Fsp3) is 0.312. The molecule has 2 nitrogen and oxygen atoms in total. The number of carbonyl (C=O) groups excluding carboxylic acids is 1. The van der Waals surface area contributed by atoms with Crippen molar-refractivity contribution >= 4 is 29.0 Å². The second-order valence-electron chi connectivity index (χ2n) is 4.79. The van der Waals surface area contributed by atoms with Crippen molar-refractivity contribution in [3.8, 4) is 0 Å². The van der Waals surface area contributed by atoms with E-state index in [4.69, 9.17) is 0 Å². The topological polar surface area (TPSA) is 29.1 Å². The summed E-state index contributed by atoms with van der Waals surface area (Å²) in [4.78, 5) is 15.7. The zero-order chi connectivity index (χ0) is 14.4. The van der Waals surface area contributed by atoms with Crippen molar-refractivity contribution in [2.45, 2.75) is 31.2 Å². The first-order chi connectivity index (χ1) is 9.63. The number of amides is 1. The monoisotopic (exact) mass is 305 g/mol. The average Bonchev–Trinajstić information content (AvgIpc) is 2.83. The van der Waals surface area contributed by atoms with Crippen molar-refractivity contribution in [1.29, 1.82) is 0 Å². The van der Waals surface area contributed by atoms with Crippen LogP contribution in [0.15, 0.2) is 47.4 Å². The molecular formula is C16H19NOS2. The molecule has 0 aliphatic heterocycles. The van der Waals surface area contributed by atoms with E-state index in [1.807, 2.05) is 30.3 Å². The van der Waals surface area contributed by atoms with E-state index < -0.39 is 0 Å². The first kappa shape index (κ1) is 15.1. The summed E-state index contributed by atoms with van der Waals surface area (Å²) in [7, 11) is 0. The van der Waals surface area contributed by atoms with Gasteiger partial charge in [-0.15, -0.1) is 23.1 Å². The van der Waals surface area contributed by atoms with Crippen molar-refractivity contribution in [1.82, 2.24) is 5.32 Å². The van der Waals surface area contributed by atoms with Gasteiger partial charge in [-0.2, -0.15) is 0 Å². The first-order valence-electron chi connectivity index (χ1n) is 6.66. The Morgan fingerprint density at radius 3 is 2.65 bits per heavy atom. The highest BCUT2D eigenvalue weighted by molar-refractivity contribution is 8.00. The Bertz CT molecular complexity index is 551. The minimum absolute atomic E-state index is 0.0969. The van der Waals surface area contributed by atoms with Crippen LogP contribution >= 0.6 is 23.1 Å². The summed E-state index contributed by atoms with van der Waals surface area (Å²) >= 11 is 3.37. The molecule has 1 N–H and O–H groups in total. The van der Waals surface area contributed by atoms with Crippen LogP contribution in [0.5, 0.6) is 0 Å². The Hall–Kier alpha value is -1.26. The SMILES string of the molecule is Cc1ccc(CC(C)NC(=O)CSc2ccccc2)s1. The molecule has 0 spiro atoms. The number of thiophene rings is 1. The Balaban J connectivity index is 1.73. The third-order valence-corrected chi connectivity index (χ3v) is 4.86. The lowest BCUT2D eigenvalue weighted by Crippen LogP contribution is -2.35. The van der Waals surface area contributed by atoms with Crippen LogP contribution < -0.4 is 5.32 Å². The minimum atomic E-state index is 0.0969. The molecule has 0 fully saturated rings. The summed E-state index contributed by atoms with van der Waals surface area (Å²) in [6.07, 6.45) is 0.903. The number of benzene rings is 1. The molecule has 0 radical (unpaired) electrons. The number of nitrogens with one attached hydrogen (secondary N) is 1. The maximum atomic E-state index is 11.9. The van der Waals surface area contributed by atoms with Crippen LogP contribution in [-0.4, -0.2) is 17.7 Å². The molecule has 2 aromatic rings. The van der Waals surface area contributed by atoms with Crippen LogP contribution in [0.25, 0.3) is 0 Å². The predicted molar refractivity (Wildman–Crippen MR) is 87.5 cm³/mol. The van der Waals surface area contributed by atoms with Crippen LogP contribution in [-0.2, 0) is 11.2 Å². The smallest absolute Gasteiger partial charge is 0.230 e. The van der Waals surface area contributed by atoms with E-state index in [0.717, 1.165) is 11.3 Å². The number of thioether (sulfide) groups is 1. The maximum absolute atomic E-state index is 11.9. The fourth-order valence-electron chi connectivity index (χ4n) is 1.93. The highest BCUT2D eigenvalue weighted by Gasteiger charge is 2.09. The first-order valence-corrected chi connectivity index (χ1v) is 8.46. The van der Waals surface area contributed by atoms with E-state index in [2.05, 4.69) is 31.3 Å². The second-order valence-corrected chi connectivity index (χ2v) is 7.21. The van der Waals surface area contributed by atoms with Gasteiger partial charge in [-0.05, 0) is 38.1 Å². The Morgan fingerprint density at radius 2 is 2.00 bits per heavy atom. The van der Waals surface area contributed by atoms with Crippen LogP contribution in [0.1, 0.15) is 16.7 Å². The van der Waals surface area contributed by atoms with Crippen LogP contribution in [0.3, 0.4) is 0 Å². The second kappa shape index (κ2) is 7.50. The highest BCUT2D eigenvalue weighted by Crippen LogP contribution is 2.18. The maximum Gasteiger partial charge on any atom is 0.230 e. The van der Waals surface area contributed by atoms with Gasteiger partial charge >= 0.3 is 0 Å². The van der Waals surface area contributed by atoms with E-state index in [-0.39, 0.29) is 11.9 Å². The molecule has 0 saturated heterocycles. The minimum Gasteiger partial charge on any atom is -0.353 e. The third-order valence-electron chi connectivity index (χ3n) is 2.82. The van der Waals surface area contributed by atoms with Crippen molar-refractivity contribution in [3.63, 3.8) is 0 Å². The lowest BCUT2D eigenvalue weighted by atomic mass is 10.2. The van der Waals surface area contributed by atoms with E-state index >= 15 is 0 Å². The van der Waals surface area contributed by atoms with Gasteiger partial charge in [0.05, 0.1) is 5.75 Å². The van der Waals surface area contributed by atoms with Gasteiger partial charge < -0.3 is 5.32 Å². The van der Waals surface area contributed by atoms with Gasteiger partial charge in [-0.1, -0.05) is 18.2 Å². The molecule has 0 aliphatic carbocycles. The van der Waals surface area contributed by atoms with Gasteiger partial charge in [-0.3, -0.25) is 4.79 Å². The molecule has 1 atom stereocenters. The zero-order valence-corrected chi connectivity index (χ0v) is 13.4. The normalized spacial score (nSPS) is 12.1. The third kappa shape index (κ3) is 5.02. The number of hydrogen-bond acceptors (Lipinski definition) is 3. The van der Waals surface area contributed by atoms with Gasteiger partial charge in [0.2, 0.25) is 5.91 Å². The predicted octanol–water partition coefficient (Wildman–Crippen LogP) is 3.90. The number of hydrogen-bond donors (Lipinski definition) is 1. The van der Waals surface area contributed by atoms with Gasteiger partial charge in [0, 0.05) is 27.1 Å². The molecule has 106 valence electrons. The van der Waals surface area contributed by atoms with Gasteiger partial charge in [0.25, 0.3) is 0 Å². The fourth-order valence-corrected chi connectivity index (χ4v) is 3.68. The molecule has 1 amide bonds. The van der Waals surface area contributed by atoms with Crippen molar-refractivity contribution < 1.29 is 4.79 Å². The van der Waals surface area contributed by atoms with E-state index in [1.165, 1.54) is 9.75 Å². The molecule has 2 rings (SSSR count). The Labute approximate surface area is 128 Å². The lowest BCUT2D eigenvalue weighted by Gasteiger charge is -2.12. The van der Waals surface area contributed by atoms with Gasteiger partial charge in [-0.25, -0.2) is 0 Å². The lowest BCUT2D eigenvalue weighted by molar-refractivity contribution is -0.119. The molecular weight excluding hydrogens is 286 g/mol. The van der Waals surface area contributed by atoms with Crippen LogP contribution in [0.2, 0.25) is 0 Å². The molecule has 1 aromatic carbocycles. The van der Waals surface area contributed by atoms with E-state index in [0.29, 0.717) is 5.75 Å². The number of aryl methyl sites for hydroxylation is 1. The van der Waals surface area contributed by atoms with Crippen LogP contribution in [0, 0.1) is 6.92 Å². The molecule has 0 bridgehead atoms. The van der Waals surface area contributed by atoms with Crippen molar-refractivity contribution in [2.75, 3.05) is 5.75 Å². The molecule has 1 heterocycles. The average molecular weight is 305 g/mol. The van der Waals surface area contributed by atoms with Gasteiger partial charge in [0.1, 0.15) is 0 Å². The molecule has 0 saturated carbocycles. The van der Waals surface area contributed by atoms with E-state index in [1.54, 1.807) is 23.1 Å². The summed E-state index contributed by atoms with van der Waals surface area (Å²) in [5.74, 6) is 0.567. The molecule has 1 aromatic heterocycles. The Kier molecular flexibility index (Phi) is 5.68. The van der Waals surface area contributed by atoms with Crippen molar-refractivity contribution in [3.05, 3.63) is 52.2 Å². The highest BCUT2D eigenvalue weighted by atomic mass is 32.2. The summed E-state index contributed by atoms with van der Waals surface area (Å²) in [6, 6.07) is 14.4. The van der Waals surface area contributed by atoms with Crippen molar-refractivity contribution in [2.24, 2.45) is 0 Å². The summed E-state index contributed by atoms with van der Waals surface area (Å²) in [6.45, 7) is 4.16. The Morgan fingerprint density at radius 1 is 1.25 bits per heavy atom. The molecule has 20 heavy (non-hydrogen) atoms. The summed E-state index contributed by atoms with van der Waals surface area (Å²) in [5, 5.41) is 3.05. The molecule has 0 aliphatic rings.